The summed E-state index contributed by atoms with van der Waals surface area (Å²) in [6.45, 7) is 5.08. The second kappa shape index (κ2) is 13.6. The number of hydrogen-bond acceptors (Lipinski definition) is 10. The van der Waals surface area contributed by atoms with Gasteiger partial charge in [-0.2, -0.15) is 18.4 Å². The van der Waals surface area contributed by atoms with Crippen molar-refractivity contribution in [3.63, 3.8) is 0 Å². The Balaban J connectivity index is 1.87. The number of rotatable bonds is 10. The zero-order chi connectivity index (χ0) is 33.8. The maximum absolute atomic E-state index is 13.7. The number of nitrogens with zero attached hydrogens (tertiary/aromatic N) is 5. The zero-order valence-corrected chi connectivity index (χ0v) is 25.7. The van der Waals surface area contributed by atoms with E-state index >= 15 is 0 Å². The van der Waals surface area contributed by atoms with Crippen LogP contribution in [0.1, 0.15) is 73.4 Å². The van der Waals surface area contributed by atoms with E-state index in [1.165, 1.54) is 31.2 Å². The molecule has 0 saturated heterocycles. The highest BCUT2D eigenvalue weighted by atomic mass is 19.4. The number of hydrogen-bond donors (Lipinski definition) is 3. The van der Waals surface area contributed by atoms with E-state index in [2.05, 4.69) is 15.3 Å². The Bertz CT molecular complexity index is 1660. The maximum Gasteiger partial charge on any atom is 0.416 e. The van der Waals surface area contributed by atoms with Crippen LogP contribution < -0.4 is 20.7 Å². The lowest BCUT2D eigenvalue weighted by Gasteiger charge is -2.46. The first-order valence-electron chi connectivity index (χ1n) is 14.5. The van der Waals surface area contributed by atoms with Crippen molar-refractivity contribution in [2.75, 3.05) is 30.5 Å². The number of alkyl halides is 3. The molecule has 0 bridgehead atoms. The standard InChI is InChI=1S/C31H34F3N7O5/c1-5-30(36)13-21(26-24(7-8-25(40-26)45-4)41(30)29(44)46-6-2)27-38-16-23(37-15-17(3)28(42)43)22(39-27)12-18-9-19(14-35)11-20(10-18)31(32,33)34/h7-11,16-17,21,37H,5-6,12-13,15,36H2,1-4H3,(H,42,43)/t17?,21-,30+/m0/s1. The lowest BCUT2D eigenvalue weighted by Crippen LogP contribution is -2.61. The molecule has 46 heavy (non-hydrogen) atoms. The van der Waals surface area contributed by atoms with Gasteiger partial charge in [-0.15, -0.1) is 0 Å². The molecule has 3 heterocycles. The van der Waals surface area contributed by atoms with Crippen LogP contribution in [0.4, 0.5) is 29.3 Å². The number of carboxylic acid groups (broad SMARTS) is 1. The van der Waals surface area contributed by atoms with Crippen molar-refractivity contribution < 1.29 is 37.3 Å². The predicted octanol–water partition coefficient (Wildman–Crippen LogP) is 5.06. The second-order valence-corrected chi connectivity index (χ2v) is 10.9. The van der Waals surface area contributed by atoms with Gasteiger partial charge in [-0.05, 0) is 49.6 Å². The molecule has 1 amide bonds. The molecular formula is C31H34F3N7O5. The monoisotopic (exact) mass is 641 g/mol. The third kappa shape index (κ3) is 7.12. The number of aromatic nitrogens is 3. The Kier molecular flexibility index (Phi) is 10.0. The summed E-state index contributed by atoms with van der Waals surface area (Å²) in [6.07, 6.45) is -3.66. The first-order valence-corrected chi connectivity index (χ1v) is 14.5. The molecule has 0 spiro atoms. The van der Waals surface area contributed by atoms with Gasteiger partial charge in [-0.1, -0.05) is 13.8 Å². The first-order chi connectivity index (χ1) is 21.7. The molecular weight excluding hydrogens is 607 g/mol. The van der Waals surface area contributed by atoms with E-state index in [1.54, 1.807) is 25.1 Å². The van der Waals surface area contributed by atoms with Crippen molar-refractivity contribution in [3.8, 4) is 11.9 Å². The van der Waals surface area contributed by atoms with Gasteiger partial charge in [0.05, 0.1) is 71.7 Å². The third-order valence-corrected chi connectivity index (χ3v) is 7.76. The SMILES string of the molecule is CCOC(=O)N1c2ccc(OC)nc2[C@@H](c2ncc(NCC(C)C(=O)O)c(Cc3cc(C#N)cc(C(F)(F)F)c3)n2)C[C@@]1(N)CC. The van der Waals surface area contributed by atoms with E-state index in [1.807, 2.05) is 6.92 Å². The number of aliphatic carboxylic acids is 1. The number of amides is 1. The third-order valence-electron chi connectivity index (χ3n) is 7.76. The van der Waals surface area contributed by atoms with Gasteiger partial charge in [-0.3, -0.25) is 9.69 Å². The molecule has 1 unspecified atom stereocenters. The number of nitrogens with one attached hydrogen (secondary N) is 1. The van der Waals surface area contributed by atoms with E-state index in [-0.39, 0.29) is 54.5 Å². The summed E-state index contributed by atoms with van der Waals surface area (Å²) < 4.78 is 51.7. The van der Waals surface area contributed by atoms with Crippen LogP contribution in [0.25, 0.3) is 0 Å². The van der Waals surface area contributed by atoms with E-state index in [9.17, 15) is 33.1 Å². The molecule has 0 aliphatic carbocycles. The number of methoxy groups -OCH3 is 1. The highest BCUT2D eigenvalue weighted by molar-refractivity contribution is 5.91. The number of carbonyl (C=O) groups excluding carboxylic acids is 1. The molecule has 0 fully saturated rings. The minimum atomic E-state index is -4.69. The highest BCUT2D eigenvalue weighted by Gasteiger charge is 2.47. The van der Waals surface area contributed by atoms with Crippen molar-refractivity contribution in [2.24, 2.45) is 11.7 Å². The summed E-state index contributed by atoms with van der Waals surface area (Å²) in [6, 6.07) is 8.02. The van der Waals surface area contributed by atoms with Crippen molar-refractivity contribution in [1.82, 2.24) is 15.0 Å². The van der Waals surface area contributed by atoms with Crippen LogP contribution in [0, 0.1) is 17.2 Å². The summed E-state index contributed by atoms with van der Waals surface area (Å²) in [5.41, 5.74) is 5.86. The normalized spacial score (nSPS) is 18.2. The van der Waals surface area contributed by atoms with Gasteiger partial charge in [0.15, 0.2) is 0 Å². The largest absolute Gasteiger partial charge is 0.481 e. The predicted molar refractivity (Wildman–Crippen MR) is 160 cm³/mol. The lowest BCUT2D eigenvalue weighted by atomic mass is 9.83. The zero-order valence-electron chi connectivity index (χ0n) is 25.7. The number of pyridine rings is 1. The number of ether oxygens (including phenoxy) is 2. The fourth-order valence-electron chi connectivity index (χ4n) is 5.22. The van der Waals surface area contributed by atoms with Crippen LogP contribution in [-0.2, 0) is 22.1 Å². The van der Waals surface area contributed by atoms with Crippen LogP contribution >= 0.6 is 0 Å². The van der Waals surface area contributed by atoms with E-state index in [4.69, 9.17) is 20.2 Å². The fraction of sp³-hybridized carbons (Fsp3) is 0.419. The summed E-state index contributed by atoms with van der Waals surface area (Å²) in [7, 11) is 1.44. The van der Waals surface area contributed by atoms with Crippen LogP contribution in [-0.4, -0.2) is 58.0 Å². The molecule has 1 aliphatic heterocycles. The maximum atomic E-state index is 13.7. The topological polar surface area (TPSA) is 177 Å². The smallest absolute Gasteiger partial charge is 0.416 e. The molecule has 1 aliphatic rings. The summed E-state index contributed by atoms with van der Waals surface area (Å²) in [5.74, 6) is -2.07. The minimum Gasteiger partial charge on any atom is -0.481 e. The second-order valence-electron chi connectivity index (χ2n) is 10.9. The van der Waals surface area contributed by atoms with Gasteiger partial charge in [0.2, 0.25) is 5.88 Å². The minimum absolute atomic E-state index is 0.0155. The van der Waals surface area contributed by atoms with Gasteiger partial charge in [0.1, 0.15) is 11.5 Å². The number of carboxylic acids is 1. The van der Waals surface area contributed by atoms with Crippen LogP contribution in [0.5, 0.6) is 5.88 Å². The van der Waals surface area contributed by atoms with Gasteiger partial charge in [0, 0.05) is 19.0 Å². The number of carbonyl (C=O) groups is 2. The van der Waals surface area contributed by atoms with Crippen LogP contribution in [0.15, 0.2) is 36.5 Å². The van der Waals surface area contributed by atoms with E-state index < -0.39 is 41.3 Å². The average molecular weight is 642 g/mol. The molecule has 4 N–H and O–H groups in total. The molecule has 1 aromatic carbocycles. The molecule has 12 nitrogen and oxygen atoms in total. The van der Waals surface area contributed by atoms with Gasteiger partial charge in [-0.25, -0.2) is 19.7 Å². The Morgan fingerprint density at radius 3 is 2.61 bits per heavy atom. The van der Waals surface area contributed by atoms with Crippen molar-refractivity contribution in [2.45, 2.75) is 57.8 Å². The summed E-state index contributed by atoms with van der Waals surface area (Å²) >= 11 is 0. The molecule has 0 saturated carbocycles. The molecule has 2 aromatic heterocycles. The Labute approximate surface area is 263 Å². The number of benzene rings is 1. The molecule has 0 radical (unpaired) electrons. The molecule has 3 atom stereocenters. The van der Waals surface area contributed by atoms with Crippen molar-refractivity contribution in [3.05, 3.63) is 70.4 Å². The number of nitriles is 1. The van der Waals surface area contributed by atoms with E-state index in [0.717, 1.165) is 12.1 Å². The number of nitrogens with two attached hydrogens (primary N) is 1. The molecule has 3 aromatic rings. The Hall–Kier alpha value is -4.97. The fourth-order valence-corrected chi connectivity index (χ4v) is 5.22. The average Bonchev–Trinajstić information content (AvgIpc) is 3.02. The first kappa shape index (κ1) is 33.9. The molecule has 4 rings (SSSR count). The highest BCUT2D eigenvalue weighted by Crippen LogP contribution is 2.45. The van der Waals surface area contributed by atoms with Gasteiger partial charge >= 0.3 is 18.2 Å². The summed E-state index contributed by atoms with van der Waals surface area (Å²) in [5, 5.41) is 21.8. The van der Waals surface area contributed by atoms with E-state index in [0.29, 0.717) is 23.5 Å². The number of anilines is 2. The Morgan fingerprint density at radius 1 is 1.26 bits per heavy atom. The van der Waals surface area contributed by atoms with Gasteiger partial charge < -0.3 is 25.6 Å². The number of halogens is 3. The van der Waals surface area contributed by atoms with Crippen molar-refractivity contribution >= 4 is 23.4 Å². The number of fused-ring (bicyclic) bond motifs is 1. The molecule has 15 heteroatoms. The molecule has 244 valence electrons. The van der Waals surface area contributed by atoms with Crippen LogP contribution in [0.2, 0.25) is 0 Å². The van der Waals surface area contributed by atoms with Crippen molar-refractivity contribution in [1.29, 1.82) is 5.26 Å². The lowest BCUT2D eigenvalue weighted by molar-refractivity contribution is -0.140. The van der Waals surface area contributed by atoms with Crippen LogP contribution in [0.3, 0.4) is 0 Å². The summed E-state index contributed by atoms with van der Waals surface area (Å²) in [4.78, 5) is 39.9. The van der Waals surface area contributed by atoms with Gasteiger partial charge in [0.25, 0.3) is 0 Å². The quantitative estimate of drug-likeness (QED) is 0.270. The Morgan fingerprint density at radius 2 is 2.00 bits per heavy atom.